The largest absolute Gasteiger partial charge is 0.467 e. The molecule has 1 aromatic heterocycles. The van der Waals surface area contributed by atoms with Crippen LogP contribution >= 0.6 is 0 Å². The molecule has 1 fully saturated rings. The molecule has 0 aromatic carbocycles. The van der Waals surface area contributed by atoms with Crippen molar-refractivity contribution in [2.24, 2.45) is 5.84 Å². The average Bonchev–Trinajstić information content (AvgIpc) is 2.98. The van der Waals surface area contributed by atoms with Gasteiger partial charge in [-0.3, -0.25) is 19.9 Å². The van der Waals surface area contributed by atoms with Crippen LogP contribution in [0.1, 0.15) is 36.4 Å². The van der Waals surface area contributed by atoms with Crippen molar-refractivity contribution in [3.05, 3.63) is 23.7 Å². The number of imide groups is 1. The fraction of sp³-hybridized carbons (Fsp3) is 0.417. The number of nitrogens with two attached hydrogens (primary N) is 1. The number of furan rings is 1. The number of hydrogen-bond acceptors (Lipinski definition) is 5. The molecule has 1 saturated heterocycles. The first-order valence-corrected chi connectivity index (χ1v) is 6.13. The third-order valence-corrected chi connectivity index (χ3v) is 3.41. The molecule has 1 aliphatic rings. The first-order valence-electron chi connectivity index (χ1n) is 6.13. The highest BCUT2D eigenvalue weighted by atomic mass is 16.3. The Balaban J connectivity index is 2.14. The molecule has 0 spiro atoms. The Bertz CT molecular complexity index is 568. The monoisotopic (exact) mass is 280 g/mol. The fourth-order valence-electron chi connectivity index (χ4n) is 1.95. The molecule has 2 heterocycles. The molecule has 4 amide bonds. The number of nitrogens with one attached hydrogen (secondary N) is 2. The minimum atomic E-state index is -0.888. The van der Waals surface area contributed by atoms with Gasteiger partial charge < -0.3 is 9.73 Å². The highest BCUT2D eigenvalue weighted by Gasteiger charge is 2.46. The van der Waals surface area contributed by atoms with E-state index in [1.807, 2.05) is 12.3 Å². The molecule has 20 heavy (non-hydrogen) atoms. The summed E-state index contributed by atoms with van der Waals surface area (Å²) in [7, 11) is 0. The Morgan fingerprint density at radius 2 is 2.25 bits per heavy atom. The Hall–Kier alpha value is -2.35. The SMILES string of the molecule is CCC1(C)NC(=O)N(Cc2cc(C(=O)NN)co2)C1=O. The summed E-state index contributed by atoms with van der Waals surface area (Å²) in [5.41, 5.74) is 1.31. The number of nitrogens with zero attached hydrogens (tertiary/aromatic N) is 1. The van der Waals surface area contributed by atoms with Gasteiger partial charge in [0.05, 0.1) is 12.1 Å². The molecular formula is C12H16N4O4. The highest BCUT2D eigenvalue weighted by Crippen LogP contribution is 2.23. The molecule has 0 bridgehead atoms. The van der Waals surface area contributed by atoms with Gasteiger partial charge in [0.2, 0.25) is 0 Å². The van der Waals surface area contributed by atoms with Gasteiger partial charge in [-0.25, -0.2) is 10.6 Å². The summed E-state index contributed by atoms with van der Waals surface area (Å²) in [6.45, 7) is 3.46. The minimum absolute atomic E-state index is 0.0297. The summed E-state index contributed by atoms with van der Waals surface area (Å²) < 4.78 is 5.16. The first kappa shape index (κ1) is 14.1. The number of carbonyl (C=O) groups is 3. The third-order valence-electron chi connectivity index (χ3n) is 3.41. The quantitative estimate of drug-likeness (QED) is 0.313. The summed E-state index contributed by atoms with van der Waals surface area (Å²) >= 11 is 0. The summed E-state index contributed by atoms with van der Waals surface area (Å²) in [4.78, 5) is 36.3. The van der Waals surface area contributed by atoms with Crippen molar-refractivity contribution in [3.63, 3.8) is 0 Å². The standard InChI is InChI=1S/C12H16N4O4/c1-3-12(2)10(18)16(11(19)14-12)5-8-4-7(6-20-8)9(17)15-13/h4,6H,3,5,13H2,1-2H3,(H,14,19)(H,15,17). The molecular weight excluding hydrogens is 264 g/mol. The molecule has 8 nitrogen and oxygen atoms in total. The van der Waals surface area contributed by atoms with Gasteiger partial charge in [0.15, 0.2) is 0 Å². The van der Waals surface area contributed by atoms with Crippen LogP contribution in [0.25, 0.3) is 0 Å². The number of hydrazine groups is 1. The van der Waals surface area contributed by atoms with Crippen molar-refractivity contribution in [1.29, 1.82) is 0 Å². The van der Waals surface area contributed by atoms with Crippen molar-refractivity contribution in [2.75, 3.05) is 0 Å². The van der Waals surface area contributed by atoms with E-state index in [4.69, 9.17) is 10.3 Å². The van der Waals surface area contributed by atoms with Gasteiger partial charge in [-0.15, -0.1) is 0 Å². The van der Waals surface area contributed by atoms with Crippen LogP contribution in [-0.4, -0.2) is 28.3 Å². The molecule has 1 unspecified atom stereocenters. The number of amides is 4. The minimum Gasteiger partial charge on any atom is -0.467 e. The van der Waals surface area contributed by atoms with E-state index in [0.717, 1.165) is 4.90 Å². The second-order valence-corrected chi connectivity index (χ2v) is 4.78. The zero-order chi connectivity index (χ0) is 14.9. The molecule has 0 saturated carbocycles. The molecule has 2 rings (SSSR count). The van der Waals surface area contributed by atoms with Crippen LogP contribution in [0.5, 0.6) is 0 Å². The topological polar surface area (TPSA) is 118 Å². The maximum atomic E-state index is 12.2. The summed E-state index contributed by atoms with van der Waals surface area (Å²) in [5.74, 6) is 4.51. The van der Waals surface area contributed by atoms with E-state index >= 15 is 0 Å². The Morgan fingerprint density at radius 3 is 2.80 bits per heavy atom. The lowest BCUT2D eigenvalue weighted by Gasteiger charge is -2.18. The molecule has 1 aliphatic heterocycles. The molecule has 4 N–H and O–H groups in total. The molecule has 108 valence electrons. The normalized spacial score (nSPS) is 22.1. The van der Waals surface area contributed by atoms with Crippen molar-refractivity contribution in [2.45, 2.75) is 32.4 Å². The van der Waals surface area contributed by atoms with E-state index in [0.29, 0.717) is 12.2 Å². The fourth-order valence-corrected chi connectivity index (χ4v) is 1.95. The lowest BCUT2D eigenvalue weighted by molar-refractivity contribution is -0.131. The van der Waals surface area contributed by atoms with Crippen LogP contribution in [-0.2, 0) is 11.3 Å². The highest BCUT2D eigenvalue weighted by molar-refractivity contribution is 6.06. The van der Waals surface area contributed by atoms with Crippen molar-refractivity contribution in [1.82, 2.24) is 15.6 Å². The van der Waals surface area contributed by atoms with E-state index in [1.165, 1.54) is 12.3 Å². The number of carbonyl (C=O) groups excluding carboxylic acids is 3. The molecule has 1 atom stereocenters. The lowest BCUT2D eigenvalue weighted by Crippen LogP contribution is -2.43. The predicted octanol–water partition coefficient (Wildman–Crippen LogP) is 0.104. The summed E-state index contributed by atoms with van der Waals surface area (Å²) in [6.07, 6.45) is 1.71. The van der Waals surface area contributed by atoms with Crippen LogP contribution in [0.2, 0.25) is 0 Å². The maximum absolute atomic E-state index is 12.2. The second kappa shape index (κ2) is 4.97. The van der Waals surface area contributed by atoms with Crippen LogP contribution in [0, 0.1) is 0 Å². The molecule has 8 heteroatoms. The van der Waals surface area contributed by atoms with Crippen molar-refractivity contribution in [3.8, 4) is 0 Å². The van der Waals surface area contributed by atoms with Crippen LogP contribution in [0.4, 0.5) is 4.79 Å². The van der Waals surface area contributed by atoms with Gasteiger partial charge in [0, 0.05) is 0 Å². The van der Waals surface area contributed by atoms with Crippen LogP contribution in [0.15, 0.2) is 16.7 Å². The Kier molecular flexibility index (Phi) is 3.49. The van der Waals surface area contributed by atoms with E-state index < -0.39 is 17.5 Å². The van der Waals surface area contributed by atoms with Crippen molar-refractivity contribution >= 4 is 17.8 Å². The molecule has 0 radical (unpaired) electrons. The van der Waals surface area contributed by atoms with Gasteiger partial charge in [0.1, 0.15) is 17.6 Å². The van der Waals surface area contributed by atoms with Crippen molar-refractivity contribution < 1.29 is 18.8 Å². The smallest absolute Gasteiger partial charge is 0.325 e. The summed E-state index contributed by atoms with van der Waals surface area (Å²) in [6, 6.07) is 0.963. The van der Waals surface area contributed by atoms with Gasteiger partial charge in [-0.05, 0) is 19.4 Å². The number of urea groups is 1. The maximum Gasteiger partial charge on any atom is 0.325 e. The predicted molar refractivity (Wildman–Crippen MR) is 68.1 cm³/mol. The van der Waals surface area contributed by atoms with Gasteiger partial charge in [-0.1, -0.05) is 6.92 Å². The Labute approximate surface area is 115 Å². The Morgan fingerprint density at radius 1 is 1.55 bits per heavy atom. The van der Waals surface area contributed by atoms with Gasteiger partial charge >= 0.3 is 6.03 Å². The average molecular weight is 280 g/mol. The molecule has 0 aliphatic carbocycles. The summed E-state index contributed by atoms with van der Waals surface area (Å²) in [5, 5.41) is 2.64. The third kappa shape index (κ3) is 2.25. The zero-order valence-electron chi connectivity index (χ0n) is 11.2. The van der Waals surface area contributed by atoms with Crippen LogP contribution < -0.4 is 16.6 Å². The van der Waals surface area contributed by atoms with E-state index in [-0.39, 0.29) is 18.0 Å². The van der Waals surface area contributed by atoms with Gasteiger partial charge in [0.25, 0.3) is 11.8 Å². The first-order chi connectivity index (χ1) is 9.41. The van der Waals surface area contributed by atoms with E-state index in [9.17, 15) is 14.4 Å². The number of nitrogen functional groups attached to an aromatic ring is 1. The van der Waals surface area contributed by atoms with E-state index in [2.05, 4.69) is 5.32 Å². The van der Waals surface area contributed by atoms with Crippen LogP contribution in [0.3, 0.4) is 0 Å². The lowest BCUT2D eigenvalue weighted by atomic mass is 9.99. The second-order valence-electron chi connectivity index (χ2n) is 4.78. The van der Waals surface area contributed by atoms with E-state index in [1.54, 1.807) is 6.92 Å². The number of rotatable bonds is 4. The molecule has 1 aromatic rings. The zero-order valence-corrected chi connectivity index (χ0v) is 11.2. The van der Waals surface area contributed by atoms with Gasteiger partial charge in [-0.2, -0.15) is 0 Å². The number of hydrogen-bond donors (Lipinski definition) is 3.